The van der Waals surface area contributed by atoms with Crippen molar-refractivity contribution in [3.05, 3.63) is 77.5 Å². The third-order valence-electron chi connectivity index (χ3n) is 8.74. The summed E-state index contributed by atoms with van der Waals surface area (Å²) in [5.41, 5.74) is 5.52. The zero-order valence-electron chi connectivity index (χ0n) is 27.8. The van der Waals surface area contributed by atoms with E-state index in [9.17, 15) is 9.90 Å². The molecule has 3 aliphatic heterocycles. The van der Waals surface area contributed by atoms with Crippen LogP contribution < -0.4 is 9.64 Å². The Labute approximate surface area is 270 Å². The quantitative estimate of drug-likeness (QED) is 0.237. The summed E-state index contributed by atoms with van der Waals surface area (Å²) in [6, 6.07) is 16.5. The first-order chi connectivity index (χ1) is 21.8. The minimum absolute atomic E-state index is 0.148. The lowest BCUT2D eigenvalue weighted by atomic mass is 9.92. The summed E-state index contributed by atoms with van der Waals surface area (Å²) < 4.78 is 20.9. The van der Waals surface area contributed by atoms with E-state index in [2.05, 4.69) is 49.1 Å². The number of piperidine rings is 1. The fraction of sp³-hybridized carbons (Fsp3) is 0.432. The summed E-state index contributed by atoms with van der Waals surface area (Å²) in [6.45, 7) is 15.5. The molecule has 7 rings (SSSR count). The van der Waals surface area contributed by atoms with Crippen LogP contribution >= 0.6 is 0 Å². The van der Waals surface area contributed by atoms with Gasteiger partial charge in [0.05, 0.1) is 29.1 Å². The summed E-state index contributed by atoms with van der Waals surface area (Å²) in [5, 5.41) is 15.6. The Morgan fingerprint density at radius 3 is 2.54 bits per heavy atom. The number of rotatable bonds is 3. The smallest absolute Gasteiger partial charge is 0.337 e. The second kappa shape index (κ2) is 12.2. The number of nitrogens with zero attached hydrogens (tertiary/aromatic N) is 4. The van der Waals surface area contributed by atoms with Gasteiger partial charge in [0.15, 0.2) is 11.8 Å². The minimum Gasteiger partial charge on any atom is -0.486 e. The fourth-order valence-corrected chi connectivity index (χ4v) is 6.34. The van der Waals surface area contributed by atoms with Crippen molar-refractivity contribution in [1.29, 1.82) is 0 Å². The maximum atomic E-state index is 12.8. The summed E-state index contributed by atoms with van der Waals surface area (Å²) in [5.74, 6) is 0.446. The molecule has 1 saturated heterocycles. The number of carboxylic acid groups (broad SMARTS) is 1. The number of fused-ring (bicyclic) bond motifs is 6. The highest BCUT2D eigenvalue weighted by Crippen LogP contribution is 2.39. The number of ether oxygens (including phenoxy) is 3. The Hall–Kier alpha value is -4.21. The molecule has 46 heavy (non-hydrogen) atoms. The van der Waals surface area contributed by atoms with Gasteiger partial charge in [-0.1, -0.05) is 36.4 Å². The molecule has 0 amide bonds. The first-order valence-corrected chi connectivity index (χ1v) is 16.0. The number of carboxylic acids is 1. The average Bonchev–Trinajstić information content (AvgIpc) is 3.41. The van der Waals surface area contributed by atoms with Crippen LogP contribution in [-0.4, -0.2) is 62.7 Å². The van der Waals surface area contributed by atoms with E-state index in [1.54, 1.807) is 4.52 Å². The molecular weight excluding hydrogens is 580 g/mol. The summed E-state index contributed by atoms with van der Waals surface area (Å²) in [4.78, 5) is 19.9. The molecule has 9 nitrogen and oxygen atoms in total. The Morgan fingerprint density at radius 2 is 1.83 bits per heavy atom. The maximum Gasteiger partial charge on any atom is 0.337 e. The highest BCUT2D eigenvalue weighted by atomic mass is 16.5. The van der Waals surface area contributed by atoms with Gasteiger partial charge in [0.25, 0.3) is 0 Å². The lowest BCUT2D eigenvalue weighted by molar-refractivity contribution is -0.160. The molecule has 9 heteroatoms. The summed E-state index contributed by atoms with van der Waals surface area (Å²) in [6.07, 6.45) is 4.23. The molecule has 3 aliphatic rings. The van der Waals surface area contributed by atoms with Crippen LogP contribution in [0.3, 0.4) is 0 Å². The highest BCUT2D eigenvalue weighted by Gasteiger charge is 2.37. The third kappa shape index (κ3) is 6.52. The van der Waals surface area contributed by atoms with Gasteiger partial charge in [-0.3, -0.25) is 0 Å². The predicted molar refractivity (Wildman–Crippen MR) is 180 cm³/mol. The lowest BCUT2D eigenvalue weighted by Crippen LogP contribution is -2.45. The lowest BCUT2D eigenvalue weighted by Gasteiger charge is -2.41. The van der Waals surface area contributed by atoms with Crippen LogP contribution in [0.2, 0.25) is 0 Å². The highest BCUT2D eigenvalue weighted by molar-refractivity contribution is 5.80. The molecule has 242 valence electrons. The molecule has 2 atom stereocenters. The van der Waals surface area contributed by atoms with Crippen molar-refractivity contribution in [3.63, 3.8) is 0 Å². The molecule has 6 bridgehead atoms. The molecule has 2 aromatic carbocycles. The number of carbonyl (C=O) groups is 1. The first kappa shape index (κ1) is 31.8. The molecule has 2 unspecified atom stereocenters. The van der Waals surface area contributed by atoms with Gasteiger partial charge in [-0.25, -0.2) is 9.78 Å². The van der Waals surface area contributed by atoms with E-state index in [4.69, 9.17) is 24.3 Å². The van der Waals surface area contributed by atoms with Crippen molar-refractivity contribution in [3.8, 4) is 28.1 Å². The van der Waals surface area contributed by atoms with E-state index in [0.717, 1.165) is 46.5 Å². The first-order valence-electron chi connectivity index (χ1n) is 16.0. The minimum atomic E-state index is -1.22. The van der Waals surface area contributed by atoms with Crippen molar-refractivity contribution in [2.75, 3.05) is 24.6 Å². The second-order valence-corrected chi connectivity index (χ2v) is 13.8. The van der Waals surface area contributed by atoms with Crippen molar-refractivity contribution in [2.45, 2.75) is 84.7 Å². The molecule has 0 radical (unpaired) electrons. The Bertz CT molecular complexity index is 1800. The molecule has 1 fully saturated rings. The van der Waals surface area contributed by atoms with E-state index < -0.39 is 17.7 Å². The van der Waals surface area contributed by atoms with E-state index in [1.807, 2.05) is 65.0 Å². The van der Waals surface area contributed by atoms with Crippen molar-refractivity contribution >= 4 is 17.4 Å². The zero-order valence-corrected chi connectivity index (χ0v) is 27.8. The summed E-state index contributed by atoms with van der Waals surface area (Å²) in [7, 11) is 0. The number of hydrogen-bond acceptors (Lipinski definition) is 7. The zero-order chi connectivity index (χ0) is 32.8. The molecule has 1 N–H and O–H groups in total. The number of aryl methyl sites for hydroxylation is 2. The molecule has 5 heterocycles. The van der Waals surface area contributed by atoms with Gasteiger partial charge in [-0.15, -0.1) is 0 Å². The molecule has 0 saturated carbocycles. The molecule has 0 aliphatic carbocycles. The largest absolute Gasteiger partial charge is 0.486 e. The van der Waals surface area contributed by atoms with Gasteiger partial charge >= 0.3 is 5.97 Å². The Morgan fingerprint density at radius 1 is 1.09 bits per heavy atom. The Balaban J connectivity index is 1.56. The predicted octanol–water partition coefficient (Wildman–Crippen LogP) is 7.33. The molecule has 0 spiro atoms. The van der Waals surface area contributed by atoms with E-state index >= 15 is 0 Å². The molecule has 4 aromatic rings. The van der Waals surface area contributed by atoms with E-state index in [1.165, 1.54) is 0 Å². The van der Waals surface area contributed by atoms with Crippen LogP contribution in [0.15, 0.2) is 60.7 Å². The number of aliphatic carboxylic acids is 1. The number of anilines is 1. The number of benzene rings is 2. The third-order valence-corrected chi connectivity index (χ3v) is 8.74. The van der Waals surface area contributed by atoms with Gasteiger partial charge in [-0.05, 0) is 90.6 Å². The SMILES string of the molecule is Cc1ccc2c(c1)OC(C)C=CCOC1(C)CCN(CC1)c1c(C(OC(C)(C)C)C(=O)O)c(C)nc3cc(nn13)-c1cccc-2c1. The molecule has 2 aromatic heterocycles. The van der Waals surface area contributed by atoms with Crippen molar-refractivity contribution < 1.29 is 24.1 Å². The number of hydrogen-bond donors (Lipinski definition) is 1. The van der Waals surface area contributed by atoms with Crippen LogP contribution in [0.4, 0.5) is 5.82 Å². The normalized spacial score (nSPS) is 20.9. The standard InChI is InChI=1S/C37H44N4O5/c1-23-13-14-28-26-11-8-12-27(21-26)29-22-31-38-25(3)32(33(35(42)43)46-36(4,5)6)34(41(31)39-29)40-17-15-37(7,16-18-40)44-19-9-10-24(2)45-30(28)20-23/h8-14,20-22,24,33H,15-19H2,1-7H3,(H,42,43). The van der Waals surface area contributed by atoms with Crippen molar-refractivity contribution in [2.24, 2.45) is 0 Å². The molecular formula is C37H44N4O5. The van der Waals surface area contributed by atoms with Crippen LogP contribution in [0, 0.1) is 13.8 Å². The fourth-order valence-electron chi connectivity index (χ4n) is 6.34. The van der Waals surface area contributed by atoms with Gasteiger partial charge in [0, 0.05) is 36.0 Å². The second-order valence-electron chi connectivity index (χ2n) is 13.8. The van der Waals surface area contributed by atoms with Gasteiger partial charge in [0.1, 0.15) is 17.7 Å². The van der Waals surface area contributed by atoms with E-state index in [-0.39, 0.29) is 11.7 Å². The van der Waals surface area contributed by atoms with Crippen LogP contribution in [0.25, 0.3) is 28.0 Å². The Kier molecular flexibility index (Phi) is 8.42. The van der Waals surface area contributed by atoms with Crippen LogP contribution in [0.1, 0.15) is 70.4 Å². The number of aromatic nitrogens is 3. The van der Waals surface area contributed by atoms with E-state index in [0.29, 0.717) is 42.4 Å². The average molecular weight is 625 g/mol. The summed E-state index contributed by atoms with van der Waals surface area (Å²) >= 11 is 0. The van der Waals surface area contributed by atoms with Crippen LogP contribution in [0.5, 0.6) is 5.75 Å². The maximum absolute atomic E-state index is 12.8. The van der Waals surface area contributed by atoms with Gasteiger partial charge in [-0.2, -0.15) is 9.61 Å². The van der Waals surface area contributed by atoms with Gasteiger partial charge < -0.3 is 24.2 Å². The monoisotopic (exact) mass is 624 g/mol. The van der Waals surface area contributed by atoms with Crippen LogP contribution in [-0.2, 0) is 14.3 Å². The van der Waals surface area contributed by atoms with Crippen molar-refractivity contribution in [1.82, 2.24) is 14.6 Å². The topological polar surface area (TPSA) is 98.4 Å². The van der Waals surface area contributed by atoms with Gasteiger partial charge in [0.2, 0.25) is 0 Å².